The molecule has 3 rings (SSSR count). The average molecular weight is 332 g/mol. The molecule has 0 spiro atoms. The van der Waals surface area contributed by atoms with Crippen molar-refractivity contribution in [3.05, 3.63) is 33.9 Å². The van der Waals surface area contributed by atoms with E-state index < -0.39 is 23.3 Å². The second-order valence-corrected chi connectivity index (χ2v) is 6.55. The molecule has 0 bridgehead atoms. The Hall–Kier alpha value is -2.18. The molecule has 0 aliphatic heterocycles. The van der Waals surface area contributed by atoms with Crippen molar-refractivity contribution in [3.63, 3.8) is 0 Å². The molecule has 0 radical (unpaired) electrons. The van der Waals surface area contributed by atoms with Gasteiger partial charge in [0.2, 0.25) is 0 Å². The van der Waals surface area contributed by atoms with E-state index >= 15 is 0 Å². The quantitative estimate of drug-likeness (QED) is 0.759. The summed E-state index contributed by atoms with van der Waals surface area (Å²) in [5.74, 6) is -0.780. The zero-order valence-electron chi connectivity index (χ0n) is 13.8. The first-order valence-electron chi connectivity index (χ1n) is 7.87. The molecular weight excluding hydrogens is 312 g/mol. The van der Waals surface area contributed by atoms with Gasteiger partial charge in [0.1, 0.15) is 11.5 Å². The first-order chi connectivity index (χ1) is 11.2. The molecule has 1 aromatic rings. The van der Waals surface area contributed by atoms with Gasteiger partial charge in [-0.3, -0.25) is 9.59 Å². The fraction of sp³-hybridized carbons (Fsp3) is 0.444. The van der Waals surface area contributed by atoms with Crippen LogP contribution < -0.4 is 4.74 Å². The summed E-state index contributed by atoms with van der Waals surface area (Å²) < 4.78 is 5.23. The van der Waals surface area contributed by atoms with Crippen LogP contribution in [0.5, 0.6) is 11.5 Å². The van der Waals surface area contributed by atoms with Gasteiger partial charge in [0.15, 0.2) is 11.6 Å². The lowest BCUT2D eigenvalue weighted by molar-refractivity contribution is -0.0651. The fourth-order valence-electron chi connectivity index (χ4n) is 3.50. The van der Waals surface area contributed by atoms with Crippen molar-refractivity contribution in [2.24, 2.45) is 0 Å². The van der Waals surface area contributed by atoms with E-state index in [1.807, 2.05) is 6.92 Å². The maximum absolute atomic E-state index is 12.8. The Balaban J connectivity index is 2.23. The van der Waals surface area contributed by atoms with Crippen LogP contribution in [0.4, 0.5) is 0 Å². The number of fused-ring (bicyclic) bond motifs is 1. The third-order valence-corrected chi connectivity index (χ3v) is 4.97. The maximum atomic E-state index is 12.8. The Morgan fingerprint density at radius 2 is 1.96 bits per heavy atom. The van der Waals surface area contributed by atoms with Crippen molar-refractivity contribution in [1.82, 2.24) is 0 Å². The Labute approximate surface area is 139 Å². The minimum atomic E-state index is -1.47. The number of aliphatic hydroxyl groups is 2. The number of aliphatic hydroxyl groups excluding tert-OH is 1. The third kappa shape index (κ3) is 2.17. The van der Waals surface area contributed by atoms with Crippen LogP contribution in [-0.2, 0) is 6.42 Å². The smallest absolute Gasteiger partial charge is 0.194 e. The van der Waals surface area contributed by atoms with E-state index in [4.69, 9.17) is 4.74 Å². The molecule has 0 aromatic heterocycles. The molecule has 0 fully saturated rings. The number of methoxy groups -OCH3 is 1. The summed E-state index contributed by atoms with van der Waals surface area (Å²) in [6.07, 6.45) is -0.918. The maximum Gasteiger partial charge on any atom is 0.194 e. The lowest BCUT2D eigenvalue weighted by Gasteiger charge is -2.37. The molecule has 2 atom stereocenters. The first-order valence-corrected chi connectivity index (χ1v) is 7.87. The number of phenolic OH excluding ortho intramolecular Hbond substituents is 1. The van der Waals surface area contributed by atoms with Crippen molar-refractivity contribution < 1.29 is 29.6 Å². The summed E-state index contributed by atoms with van der Waals surface area (Å²) >= 11 is 0. The highest BCUT2D eigenvalue weighted by atomic mass is 16.5. The number of rotatable bonds is 2. The molecule has 6 heteroatoms. The lowest BCUT2D eigenvalue weighted by Crippen LogP contribution is -2.46. The fourth-order valence-corrected chi connectivity index (χ4v) is 3.50. The Bertz CT molecular complexity index is 787. The normalized spacial score (nSPS) is 26.3. The van der Waals surface area contributed by atoms with Gasteiger partial charge in [-0.25, -0.2) is 0 Å². The molecule has 2 aliphatic rings. The van der Waals surface area contributed by atoms with Gasteiger partial charge in [0.25, 0.3) is 0 Å². The number of hydrogen-bond acceptors (Lipinski definition) is 6. The van der Waals surface area contributed by atoms with Crippen LogP contribution in [0.1, 0.15) is 53.0 Å². The van der Waals surface area contributed by atoms with E-state index in [9.17, 15) is 24.9 Å². The molecule has 24 heavy (non-hydrogen) atoms. The number of aromatic hydroxyl groups is 1. The van der Waals surface area contributed by atoms with E-state index in [1.165, 1.54) is 20.1 Å². The van der Waals surface area contributed by atoms with Gasteiger partial charge >= 0.3 is 0 Å². The molecular formula is C18H20O6. The largest absolute Gasteiger partial charge is 0.507 e. The second kappa shape index (κ2) is 5.43. The van der Waals surface area contributed by atoms with Gasteiger partial charge in [-0.1, -0.05) is 6.92 Å². The number of benzene rings is 1. The summed E-state index contributed by atoms with van der Waals surface area (Å²) in [5, 5.41) is 30.8. The van der Waals surface area contributed by atoms with Crippen LogP contribution in [-0.4, -0.2) is 45.7 Å². The third-order valence-electron chi connectivity index (χ3n) is 4.97. The van der Waals surface area contributed by atoms with E-state index in [0.29, 0.717) is 17.7 Å². The van der Waals surface area contributed by atoms with Gasteiger partial charge in [-0.2, -0.15) is 0 Å². The van der Waals surface area contributed by atoms with Gasteiger partial charge in [0.05, 0.1) is 24.4 Å². The van der Waals surface area contributed by atoms with Crippen LogP contribution in [0.2, 0.25) is 0 Å². The summed E-state index contributed by atoms with van der Waals surface area (Å²) in [6, 6.07) is 1.47. The minimum Gasteiger partial charge on any atom is -0.507 e. The van der Waals surface area contributed by atoms with Gasteiger partial charge < -0.3 is 20.1 Å². The van der Waals surface area contributed by atoms with Gasteiger partial charge in [-0.15, -0.1) is 0 Å². The molecule has 0 amide bonds. The summed E-state index contributed by atoms with van der Waals surface area (Å²) in [6.45, 7) is 3.25. The zero-order chi connectivity index (χ0) is 17.8. The van der Waals surface area contributed by atoms with Crippen LogP contribution in [0.15, 0.2) is 17.2 Å². The predicted octanol–water partition coefficient (Wildman–Crippen LogP) is 1.54. The Kier molecular flexibility index (Phi) is 3.77. The first kappa shape index (κ1) is 16.7. The van der Waals surface area contributed by atoms with Crippen molar-refractivity contribution >= 4 is 11.6 Å². The Morgan fingerprint density at radius 3 is 2.54 bits per heavy atom. The highest BCUT2D eigenvalue weighted by Crippen LogP contribution is 2.44. The minimum absolute atomic E-state index is 0.0369. The van der Waals surface area contributed by atoms with Crippen molar-refractivity contribution in [1.29, 1.82) is 0 Å². The molecule has 2 unspecified atom stereocenters. The predicted molar refractivity (Wildman–Crippen MR) is 85.6 cm³/mol. The number of phenols is 1. The molecule has 6 nitrogen and oxygen atoms in total. The number of carbonyl (C=O) groups excluding carboxylic acids is 2. The van der Waals surface area contributed by atoms with Crippen molar-refractivity contribution in [2.75, 3.05) is 7.11 Å². The molecule has 3 N–H and O–H groups in total. The van der Waals surface area contributed by atoms with E-state index in [-0.39, 0.29) is 40.9 Å². The SMILES string of the molecule is CCc1c(OC)cc2c(c1O)C(=O)C1=C(CC(C)(O)C(O)C1)C2=O. The van der Waals surface area contributed by atoms with E-state index in [0.717, 1.165) is 0 Å². The van der Waals surface area contributed by atoms with E-state index in [1.54, 1.807) is 0 Å². The van der Waals surface area contributed by atoms with E-state index in [2.05, 4.69) is 0 Å². The summed E-state index contributed by atoms with van der Waals surface area (Å²) in [4.78, 5) is 25.7. The van der Waals surface area contributed by atoms with Crippen molar-refractivity contribution in [2.45, 2.75) is 44.8 Å². The van der Waals surface area contributed by atoms with Gasteiger partial charge in [-0.05, 0) is 19.4 Å². The molecule has 128 valence electrons. The average Bonchev–Trinajstić information content (AvgIpc) is 2.53. The molecule has 0 saturated carbocycles. The number of Topliss-reactive ketones (excluding diaryl/α,β-unsaturated/α-hetero) is 2. The lowest BCUT2D eigenvalue weighted by atomic mass is 9.71. The van der Waals surface area contributed by atoms with Gasteiger partial charge in [0, 0.05) is 35.1 Å². The molecule has 0 heterocycles. The van der Waals surface area contributed by atoms with Crippen LogP contribution >= 0.6 is 0 Å². The highest BCUT2D eigenvalue weighted by Gasteiger charge is 2.45. The molecule has 0 saturated heterocycles. The monoisotopic (exact) mass is 332 g/mol. The zero-order valence-corrected chi connectivity index (χ0v) is 13.8. The van der Waals surface area contributed by atoms with Crippen LogP contribution in [0, 0.1) is 0 Å². The highest BCUT2D eigenvalue weighted by molar-refractivity contribution is 6.28. The van der Waals surface area contributed by atoms with Crippen molar-refractivity contribution in [3.8, 4) is 11.5 Å². The molecule has 1 aromatic carbocycles. The molecule has 2 aliphatic carbocycles. The standard InChI is InChI=1S/C18H20O6/c1-4-8-12(24-3)5-10-14(16(8)21)17(22)9-6-13(19)18(2,23)7-11(9)15(10)20/h5,13,19,21,23H,4,6-7H2,1-3H3. The number of ether oxygens (including phenoxy) is 1. The topological polar surface area (TPSA) is 104 Å². The van der Waals surface area contributed by atoms with Crippen LogP contribution in [0.3, 0.4) is 0 Å². The summed E-state index contributed by atoms with van der Waals surface area (Å²) in [7, 11) is 1.43. The number of ketones is 2. The number of hydrogen-bond donors (Lipinski definition) is 3. The second-order valence-electron chi connectivity index (χ2n) is 6.55. The number of carbonyl (C=O) groups is 2. The summed E-state index contributed by atoms with van der Waals surface area (Å²) in [5.41, 5.74) is -0.586. The Morgan fingerprint density at radius 1 is 1.29 bits per heavy atom. The van der Waals surface area contributed by atoms with Crippen LogP contribution in [0.25, 0.3) is 0 Å².